The van der Waals surface area contributed by atoms with Gasteiger partial charge in [-0.1, -0.05) is 49.2 Å². The van der Waals surface area contributed by atoms with Gasteiger partial charge in [-0.05, 0) is 29.7 Å². The third-order valence-corrected chi connectivity index (χ3v) is 6.27. The van der Waals surface area contributed by atoms with Gasteiger partial charge in [0.2, 0.25) is 0 Å². The number of halogens is 2. The Labute approximate surface area is 220 Å². The van der Waals surface area contributed by atoms with Crippen molar-refractivity contribution in [1.82, 2.24) is 4.90 Å². The average Bonchev–Trinajstić information content (AvgIpc) is 3.10. The van der Waals surface area contributed by atoms with Gasteiger partial charge in [0.1, 0.15) is 16.5 Å². The number of methoxy groups -OCH3 is 3. The number of hydrogen-bond donors (Lipinski definition) is 1. The van der Waals surface area contributed by atoms with E-state index in [1.807, 2.05) is 13.8 Å². The lowest BCUT2D eigenvalue weighted by Crippen LogP contribution is -2.32. The lowest BCUT2D eigenvalue weighted by atomic mass is 9.95. The van der Waals surface area contributed by atoms with Gasteiger partial charge < -0.3 is 29.0 Å². The molecule has 1 aliphatic heterocycles. The summed E-state index contributed by atoms with van der Waals surface area (Å²) >= 11 is 12.7. The van der Waals surface area contributed by atoms with Crippen LogP contribution in [0.15, 0.2) is 35.9 Å². The minimum atomic E-state index is -0.886. The number of carbonyl (C=O) groups excluding carboxylic acids is 2. The first-order valence-corrected chi connectivity index (χ1v) is 12.0. The summed E-state index contributed by atoms with van der Waals surface area (Å²) in [5, 5.41) is 11.5. The summed E-state index contributed by atoms with van der Waals surface area (Å²) in [6.45, 7) is 4.97. The lowest BCUT2D eigenvalue weighted by molar-refractivity contribution is -0.140. The predicted molar refractivity (Wildman–Crippen MR) is 137 cm³/mol. The van der Waals surface area contributed by atoms with Gasteiger partial charge in [-0.25, -0.2) is 0 Å². The number of likely N-dealkylation sites (tertiary alicyclic amines) is 1. The summed E-state index contributed by atoms with van der Waals surface area (Å²) < 4.78 is 21.5. The highest BCUT2D eigenvalue weighted by Crippen LogP contribution is 2.47. The number of nitrogens with zero attached hydrogens (tertiary/aromatic N) is 1. The number of rotatable bonds is 10. The Morgan fingerprint density at radius 1 is 1.06 bits per heavy atom. The zero-order chi connectivity index (χ0) is 26.6. The topological polar surface area (TPSA) is 94.5 Å². The Morgan fingerprint density at radius 3 is 2.25 bits per heavy atom. The van der Waals surface area contributed by atoms with Gasteiger partial charge in [-0.2, -0.15) is 0 Å². The molecule has 2 aromatic rings. The van der Waals surface area contributed by atoms with E-state index in [-0.39, 0.29) is 45.8 Å². The molecule has 0 aromatic heterocycles. The number of amides is 1. The molecule has 194 valence electrons. The van der Waals surface area contributed by atoms with Crippen molar-refractivity contribution in [1.29, 1.82) is 0 Å². The smallest absolute Gasteiger partial charge is 0.295 e. The van der Waals surface area contributed by atoms with E-state index in [0.717, 1.165) is 0 Å². The molecule has 2 aromatic carbocycles. The highest BCUT2D eigenvalue weighted by Gasteiger charge is 2.46. The van der Waals surface area contributed by atoms with Crippen molar-refractivity contribution in [2.75, 3.05) is 41.1 Å². The highest BCUT2D eigenvalue weighted by molar-refractivity contribution is 6.47. The number of aliphatic hydroxyl groups excluding tert-OH is 1. The third-order valence-electron chi connectivity index (χ3n) is 5.65. The second-order valence-corrected chi connectivity index (χ2v) is 9.33. The molecule has 1 N–H and O–H groups in total. The molecule has 0 saturated carbocycles. The number of hydrogen-bond acceptors (Lipinski definition) is 7. The number of carbonyl (C=O) groups is 2. The van der Waals surface area contributed by atoms with E-state index in [9.17, 15) is 14.7 Å². The quantitative estimate of drug-likeness (QED) is 0.255. The van der Waals surface area contributed by atoms with E-state index in [1.165, 1.54) is 32.3 Å². The van der Waals surface area contributed by atoms with Crippen LogP contribution < -0.4 is 14.2 Å². The van der Waals surface area contributed by atoms with E-state index in [1.54, 1.807) is 24.3 Å². The molecule has 1 fully saturated rings. The summed E-state index contributed by atoms with van der Waals surface area (Å²) in [7, 11) is 4.25. The van der Waals surface area contributed by atoms with Gasteiger partial charge >= 0.3 is 0 Å². The molecule has 0 bridgehead atoms. The number of aliphatic hydroxyl groups is 1. The molecule has 1 aliphatic rings. The highest BCUT2D eigenvalue weighted by atomic mass is 35.5. The number of ketones is 1. The van der Waals surface area contributed by atoms with Crippen LogP contribution in [0.1, 0.15) is 31.0 Å². The Morgan fingerprint density at radius 2 is 1.69 bits per heavy atom. The number of ether oxygens (including phenoxy) is 4. The molecule has 10 heteroatoms. The largest absolute Gasteiger partial charge is 0.507 e. The third kappa shape index (κ3) is 5.40. The predicted octanol–water partition coefficient (Wildman–Crippen LogP) is 5.11. The van der Waals surface area contributed by atoms with Gasteiger partial charge in [-0.3, -0.25) is 9.59 Å². The molecule has 36 heavy (non-hydrogen) atoms. The molecule has 0 spiro atoms. The van der Waals surface area contributed by atoms with Crippen molar-refractivity contribution in [2.45, 2.75) is 19.9 Å². The number of Topliss-reactive ketones (excluding diaryl/α,β-unsaturated/α-hetero) is 1. The molecule has 1 unspecified atom stereocenters. The normalized spacial score (nSPS) is 17.1. The molecule has 1 amide bonds. The van der Waals surface area contributed by atoms with E-state index in [0.29, 0.717) is 23.8 Å². The number of benzene rings is 2. The zero-order valence-corrected chi connectivity index (χ0v) is 22.3. The maximum Gasteiger partial charge on any atom is 0.295 e. The Balaban J connectivity index is 2.18. The first-order chi connectivity index (χ1) is 17.2. The summed E-state index contributed by atoms with van der Waals surface area (Å²) in [4.78, 5) is 27.6. The van der Waals surface area contributed by atoms with Crippen LogP contribution in [0.2, 0.25) is 10.0 Å². The fraction of sp³-hybridized carbons (Fsp3) is 0.385. The molecule has 1 atom stereocenters. The maximum absolute atomic E-state index is 13.2. The summed E-state index contributed by atoms with van der Waals surface area (Å²) in [6.07, 6.45) is 0. The van der Waals surface area contributed by atoms with Crippen LogP contribution in [0.4, 0.5) is 0 Å². The van der Waals surface area contributed by atoms with Gasteiger partial charge in [0.05, 0.1) is 49.6 Å². The van der Waals surface area contributed by atoms with E-state index in [4.69, 9.17) is 42.1 Å². The maximum atomic E-state index is 13.2. The van der Waals surface area contributed by atoms with E-state index < -0.39 is 23.5 Å². The molecule has 1 saturated heterocycles. The van der Waals surface area contributed by atoms with Gasteiger partial charge in [0.25, 0.3) is 11.7 Å². The molecule has 8 nitrogen and oxygen atoms in total. The van der Waals surface area contributed by atoms with Crippen LogP contribution in [-0.2, 0) is 14.3 Å². The molecule has 0 aliphatic carbocycles. The standard InChI is InChI=1S/C26H29Cl2NO7/c1-14(2)13-36-16-8-6-15(7-9-16)21-19(23(31)26(32)29(21)10-11-33-3)22(30)17-12-18(27)25(35-5)20(28)24(17)34-4/h6-9,12,14,21,30H,10-11,13H2,1-5H3/b22-19+. The zero-order valence-electron chi connectivity index (χ0n) is 20.8. The van der Waals surface area contributed by atoms with Crippen molar-refractivity contribution < 1.29 is 33.6 Å². The van der Waals surface area contributed by atoms with Gasteiger partial charge in [0, 0.05) is 13.7 Å². The van der Waals surface area contributed by atoms with Crippen LogP contribution in [0.25, 0.3) is 5.76 Å². The molecule has 1 heterocycles. The summed E-state index contributed by atoms with van der Waals surface area (Å²) in [6, 6.07) is 7.52. The van der Waals surface area contributed by atoms with Gasteiger partial charge in [-0.15, -0.1) is 0 Å². The Bertz CT molecular complexity index is 1160. The van der Waals surface area contributed by atoms with Crippen LogP contribution in [0, 0.1) is 5.92 Å². The van der Waals surface area contributed by atoms with Crippen molar-refractivity contribution >= 4 is 40.7 Å². The Hall–Kier alpha value is -2.94. The minimum Gasteiger partial charge on any atom is -0.507 e. The lowest BCUT2D eigenvalue weighted by Gasteiger charge is -2.25. The van der Waals surface area contributed by atoms with E-state index >= 15 is 0 Å². The van der Waals surface area contributed by atoms with Crippen LogP contribution in [0.3, 0.4) is 0 Å². The van der Waals surface area contributed by atoms with Crippen molar-refractivity contribution in [2.24, 2.45) is 5.92 Å². The molecular formula is C26H29Cl2NO7. The summed E-state index contributed by atoms with van der Waals surface area (Å²) in [5.41, 5.74) is 0.538. The van der Waals surface area contributed by atoms with Crippen molar-refractivity contribution in [3.05, 3.63) is 57.1 Å². The molecule has 0 radical (unpaired) electrons. The van der Waals surface area contributed by atoms with Crippen LogP contribution in [-0.4, -0.2) is 62.8 Å². The van der Waals surface area contributed by atoms with Crippen molar-refractivity contribution in [3.63, 3.8) is 0 Å². The van der Waals surface area contributed by atoms with Gasteiger partial charge in [0.15, 0.2) is 11.5 Å². The fourth-order valence-corrected chi connectivity index (χ4v) is 4.63. The van der Waals surface area contributed by atoms with Crippen LogP contribution >= 0.6 is 23.2 Å². The first kappa shape index (κ1) is 27.6. The molecule has 3 rings (SSSR count). The van der Waals surface area contributed by atoms with Crippen LogP contribution in [0.5, 0.6) is 17.2 Å². The average molecular weight is 538 g/mol. The monoisotopic (exact) mass is 537 g/mol. The molecular weight excluding hydrogens is 509 g/mol. The second-order valence-electron chi connectivity index (χ2n) is 8.55. The Kier molecular flexibility index (Phi) is 9.11. The van der Waals surface area contributed by atoms with Crippen molar-refractivity contribution in [3.8, 4) is 17.2 Å². The summed E-state index contributed by atoms with van der Waals surface area (Å²) in [5.74, 6) is -0.875. The fourth-order valence-electron chi connectivity index (χ4n) is 3.95. The first-order valence-electron chi connectivity index (χ1n) is 11.3. The van der Waals surface area contributed by atoms with E-state index in [2.05, 4.69) is 0 Å². The minimum absolute atomic E-state index is 0.0193. The SMILES string of the molecule is COCCN1C(=O)C(=O)/C(=C(/O)c2cc(Cl)c(OC)c(Cl)c2OC)C1c1ccc(OCC(C)C)cc1. The second kappa shape index (κ2) is 11.9.